The molecule has 1 aromatic heterocycles. The second-order valence-electron chi connectivity index (χ2n) is 8.20. The molecule has 0 aliphatic heterocycles. The molecule has 4 saturated carbocycles. The Kier molecular flexibility index (Phi) is 3.62. The summed E-state index contributed by atoms with van der Waals surface area (Å²) in [6.45, 7) is 2.17. The van der Waals surface area contributed by atoms with Gasteiger partial charge in [-0.05, 0) is 73.5 Å². The molecule has 4 aliphatic rings. The Morgan fingerprint density at radius 3 is 2.46 bits per heavy atom. The van der Waals surface area contributed by atoms with Crippen LogP contribution in [0.3, 0.4) is 0 Å². The molecule has 1 atom stereocenters. The highest BCUT2D eigenvalue weighted by Gasteiger charge is 2.53. The molecule has 0 saturated heterocycles. The first-order valence-corrected chi connectivity index (χ1v) is 8.91. The Balaban J connectivity index is 1.39. The molecule has 4 aliphatic carbocycles. The Morgan fingerprint density at radius 2 is 1.96 bits per heavy atom. The first-order chi connectivity index (χ1) is 11.4. The summed E-state index contributed by atoms with van der Waals surface area (Å²) < 4.78 is 1.33. The maximum Gasteiger partial charge on any atom is 0.389 e. The predicted octanol–water partition coefficient (Wildman–Crippen LogP) is 2.51. The highest BCUT2D eigenvalue weighted by Crippen LogP contribution is 2.61. The van der Waals surface area contributed by atoms with Crippen LogP contribution in [0, 0.1) is 33.3 Å². The minimum absolute atomic E-state index is 0.0323. The van der Waals surface area contributed by atoms with Crippen molar-refractivity contribution in [1.29, 1.82) is 0 Å². The van der Waals surface area contributed by atoms with E-state index in [1.54, 1.807) is 0 Å². The molecule has 0 aromatic carbocycles. The van der Waals surface area contributed by atoms with Crippen LogP contribution in [-0.4, -0.2) is 26.7 Å². The topological polar surface area (TPSA) is 90.1 Å². The summed E-state index contributed by atoms with van der Waals surface area (Å²) in [4.78, 5) is 22.5. The highest BCUT2D eigenvalue weighted by atomic mass is 16.6. The molecule has 4 bridgehead atoms. The van der Waals surface area contributed by atoms with Crippen LogP contribution in [0.4, 0.5) is 5.82 Å². The monoisotopic (exact) mass is 332 g/mol. The summed E-state index contributed by atoms with van der Waals surface area (Å²) in [6.07, 6.45) is 9.37. The van der Waals surface area contributed by atoms with Crippen molar-refractivity contribution in [2.24, 2.45) is 23.2 Å². The normalized spacial score (nSPS) is 35.0. The standard InChI is InChI=1S/C17H24N4O3/c1-11(17-7-12-4-13(8-17)6-14(5-12)9-17)18-16(22)10-20-3-2-15(19-20)21(23)24/h2-3,11-14H,4-10H2,1H3,(H,18,22)/t11-,12?,13?,14?,17?/m1/s1. The van der Waals surface area contributed by atoms with Crippen LogP contribution in [-0.2, 0) is 11.3 Å². The smallest absolute Gasteiger partial charge is 0.358 e. The van der Waals surface area contributed by atoms with Gasteiger partial charge in [0.05, 0.1) is 17.4 Å². The van der Waals surface area contributed by atoms with Crippen molar-refractivity contribution in [2.45, 2.75) is 58.0 Å². The minimum Gasteiger partial charge on any atom is -0.358 e. The predicted molar refractivity (Wildman–Crippen MR) is 87.1 cm³/mol. The van der Waals surface area contributed by atoms with Gasteiger partial charge in [0.25, 0.3) is 0 Å². The second-order valence-corrected chi connectivity index (χ2v) is 8.20. The van der Waals surface area contributed by atoms with E-state index in [2.05, 4.69) is 17.3 Å². The molecule has 1 heterocycles. The SMILES string of the molecule is C[C@@H](NC(=O)Cn1ccc([N+](=O)[O-])n1)C12CC3CC(CC(C3)C1)C2. The Hall–Kier alpha value is -1.92. The number of amides is 1. The number of rotatable bonds is 5. The van der Waals surface area contributed by atoms with Crippen LogP contribution in [0.2, 0.25) is 0 Å². The first-order valence-electron chi connectivity index (χ1n) is 8.91. The largest absolute Gasteiger partial charge is 0.389 e. The van der Waals surface area contributed by atoms with E-state index < -0.39 is 4.92 Å². The van der Waals surface area contributed by atoms with Crippen molar-refractivity contribution >= 4 is 11.7 Å². The third kappa shape index (κ3) is 2.70. The Bertz CT molecular complexity index is 633. The van der Waals surface area contributed by atoms with E-state index in [4.69, 9.17) is 0 Å². The first kappa shape index (κ1) is 15.6. The summed E-state index contributed by atoms with van der Waals surface area (Å²) in [6, 6.07) is 1.47. The van der Waals surface area contributed by atoms with E-state index in [1.807, 2.05) is 0 Å². The van der Waals surface area contributed by atoms with Gasteiger partial charge in [0.1, 0.15) is 6.54 Å². The van der Waals surface area contributed by atoms with Gasteiger partial charge in [-0.2, -0.15) is 4.68 Å². The summed E-state index contributed by atoms with van der Waals surface area (Å²) in [5.41, 5.74) is 0.264. The van der Waals surface area contributed by atoms with Gasteiger partial charge < -0.3 is 15.4 Å². The zero-order chi connectivity index (χ0) is 16.9. The van der Waals surface area contributed by atoms with Gasteiger partial charge in [-0.3, -0.25) is 4.79 Å². The maximum atomic E-state index is 12.4. The molecule has 5 rings (SSSR count). The van der Waals surface area contributed by atoms with Crippen molar-refractivity contribution in [3.63, 3.8) is 0 Å². The number of hydrogen-bond acceptors (Lipinski definition) is 4. The molecule has 1 N–H and O–H groups in total. The molecule has 0 spiro atoms. The van der Waals surface area contributed by atoms with E-state index in [9.17, 15) is 14.9 Å². The van der Waals surface area contributed by atoms with Crippen molar-refractivity contribution in [1.82, 2.24) is 15.1 Å². The Labute approximate surface area is 140 Å². The van der Waals surface area contributed by atoms with E-state index in [1.165, 1.54) is 55.5 Å². The van der Waals surface area contributed by atoms with E-state index in [-0.39, 0.29) is 29.7 Å². The fourth-order valence-electron chi connectivity index (χ4n) is 5.83. The average molecular weight is 332 g/mol. The van der Waals surface area contributed by atoms with Gasteiger partial charge in [-0.15, -0.1) is 0 Å². The van der Waals surface area contributed by atoms with Crippen LogP contribution < -0.4 is 5.32 Å². The van der Waals surface area contributed by atoms with E-state index in [0.717, 1.165) is 17.8 Å². The summed E-state index contributed by atoms with van der Waals surface area (Å²) >= 11 is 0. The van der Waals surface area contributed by atoms with Gasteiger partial charge in [0.2, 0.25) is 5.91 Å². The van der Waals surface area contributed by atoms with Crippen LogP contribution in [0.15, 0.2) is 12.3 Å². The number of nitro groups is 1. The molecule has 1 amide bonds. The van der Waals surface area contributed by atoms with Crippen molar-refractivity contribution in [2.75, 3.05) is 0 Å². The number of nitrogens with zero attached hydrogens (tertiary/aromatic N) is 3. The lowest BCUT2D eigenvalue weighted by Gasteiger charge is -2.59. The highest BCUT2D eigenvalue weighted by molar-refractivity contribution is 5.76. The van der Waals surface area contributed by atoms with Crippen LogP contribution in [0.1, 0.15) is 45.4 Å². The van der Waals surface area contributed by atoms with Crippen LogP contribution in [0.25, 0.3) is 0 Å². The summed E-state index contributed by atoms with van der Waals surface area (Å²) in [7, 11) is 0. The van der Waals surface area contributed by atoms with Gasteiger partial charge in [0, 0.05) is 6.04 Å². The number of hydrogen-bond donors (Lipinski definition) is 1. The zero-order valence-corrected chi connectivity index (χ0v) is 14.0. The number of carbonyl (C=O) groups is 1. The van der Waals surface area contributed by atoms with Crippen molar-refractivity contribution < 1.29 is 9.72 Å². The lowest BCUT2D eigenvalue weighted by Crippen LogP contribution is -2.56. The third-order valence-corrected chi connectivity index (χ3v) is 6.50. The minimum atomic E-state index is -0.549. The molecular weight excluding hydrogens is 308 g/mol. The van der Waals surface area contributed by atoms with E-state index >= 15 is 0 Å². The maximum absolute atomic E-state index is 12.4. The van der Waals surface area contributed by atoms with E-state index in [0.29, 0.717) is 0 Å². The average Bonchev–Trinajstić information content (AvgIpc) is 2.94. The zero-order valence-electron chi connectivity index (χ0n) is 14.0. The summed E-state index contributed by atoms with van der Waals surface area (Å²) in [5, 5.41) is 17.6. The van der Waals surface area contributed by atoms with Crippen LogP contribution >= 0.6 is 0 Å². The molecule has 7 heteroatoms. The lowest BCUT2D eigenvalue weighted by molar-refractivity contribution is -0.389. The lowest BCUT2D eigenvalue weighted by atomic mass is 9.48. The van der Waals surface area contributed by atoms with Gasteiger partial charge in [0.15, 0.2) is 0 Å². The third-order valence-electron chi connectivity index (χ3n) is 6.50. The number of nitrogens with one attached hydrogen (secondary N) is 1. The second kappa shape index (κ2) is 5.57. The summed E-state index contributed by atoms with van der Waals surface area (Å²) in [5.74, 6) is 2.21. The molecule has 0 radical (unpaired) electrons. The quantitative estimate of drug-likeness (QED) is 0.662. The van der Waals surface area contributed by atoms with Gasteiger partial charge in [-0.25, -0.2) is 0 Å². The number of carbonyl (C=O) groups excluding carboxylic acids is 1. The van der Waals surface area contributed by atoms with Crippen molar-refractivity contribution in [3.05, 3.63) is 22.4 Å². The fourth-order valence-corrected chi connectivity index (χ4v) is 5.83. The molecule has 0 unspecified atom stereocenters. The van der Waals surface area contributed by atoms with Gasteiger partial charge >= 0.3 is 5.82 Å². The molecule has 130 valence electrons. The molecule has 7 nitrogen and oxygen atoms in total. The molecular formula is C17H24N4O3. The molecule has 1 aromatic rings. The molecule has 24 heavy (non-hydrogen) atoms. The van der Waals surface area contributed by atoms with Crippen LogP contribution in [0.5, 0.6) is 0 Å². The van der Waals surface area contributed by atoms with Crippen molar-refractivity contribution in [3.8, 4) is 0 Å². The molecule has 4 fully saturated rings. The fraction of sp³-hybridized carbons (Fsp3) is 0.765. The van der Waals surface area contributed by atoms with Gasteiger partial charge in [-0.1, -0.05) is 0 Å². The number of aromatic nitrogens is 2. The Morgan fingerprint density at radius 1 is 1.38 bits per heavy atom.